The van der Waals surface area contributed by atoms with Crippen LogP contribution in [0.5, 0.6) is 0 Å². The quantitative estimate of drug-likeness (QED) is 0.710. The zero-order valence-corrected chi connectivity index (χ0v) is 12.6. The maximum atomic E-state index is 12.1. The minimum Gasteiger partial charge on any atom is -0.383 e. The zero-order valence-electron chi connectivity index (χ0n) is 12.6. The van der Waals surface area contributed by atoms with Gasteiger partial charge in [0.15, 0.2) is 0 Å². The Hall–Kier alpha value is -1.99. The number of carbonyl (C=O) groups is 2. The van der Waals surface area contributed by atoms with E-state index in [0.717, 1.165) is 19.4 Å². The van der Waals surface area contributed by atoms with Crippen LogP contribution in [0.4, 0.5) is 0 Å². The van der Waals surface area contributed by atoms with Crippen molar-refractivity contribution in [2.24, 2.45) is 0 Å². The number of rotatable bonds is 7. The van der Waals surface area contributed by atoms with E-state index in [0.29, 0.717) is 25.3 Å². The van der Waals surface area contributed by atoms with E-state index >= 15 is 0 Å². The monoisotopic (exact) mass is 307 g/mol. The van der Waals surface area contributed by atoms with Gasteiger partial charge in [-0.05, 0) is 25.0 Å². The summed E-state index contributed by atoms with van der Waals surface area (Å²) in [6, 6.07) is 3.06. The van der Waals surface area contributed by atoms with Crippen LogP contribution in [0.3, 0.4) is 0 Å². The number of pyridine rings is 1. The Bertz CT molecular complexity index is 515. The molecule has 0 saturated carbocycles. The molecule has 1 atom stereocenters. The Kier molecular flexibility index (Phi) is 6.29. The van der Waals surface area contributed by atoms with E-state index in [1.165, 1.54) is 12.3 Å². The molecular formula is C15H21N3O4. The molecule has 22 heavy (non-hydrogen) atoms. The van der Waals surface area contributed by atoms with Gasteiger partial charge in [0.05, 0.1) is 12.7 Å². The van der Waals surface area contributed by atoms with Crippen molar-refractivity contribution in [2.45, 2.75) is 18.9 Å². The van der Waals surface area contributed by atoms with Gasteiger partial charge in [-0.1, -0.05) is 0 Å². The van der Waals surface area contributed by atoms with Crippen LogP contribution in [0.2, 0.25) is 0 Å². The van der Waals surface area contributed by atoms with Crippen molar-refractivity contribution in [1.82, 2.24) is 15.6 Å². The lowest BCUT2D eigenvalue weighted by atomic mass is 10.2. The van der Waals surface area contributed by atoms with Crippen molar-refractivity contribution in [2.75, 3.05) is 33.4 Å². The second-order valence-electron chi connectivity index (χ2n) is 5.02. The summed E-state index contributed by atoms with van der Waals surface area (Å²) >= 11 is 0. The van der Waals surface area contributed by atoms with Gasteiger partial charge in [-0.15, -0.1) is 0 Å². The number of ether oxygens (including phenoxy) is 2. The number of hydrogen-bond donors (Lipinski definition) is 2. The standard InChI is InChI=1S/C15H21N3O4/c1-21-8-6-17-15(20)13-9-11(4-5-16-13)14(19)18-10-12-3-2-7-22-12/h4-5,9,12H,2-3,6-8,10H2,1H3,(H,17,20)(H,18,19). The summed E-state index contributed by atoms with van der Waals surface area (Å²) in [5.74, 6) is -0.560. The highest BCUT2D eigenvalue weighted by Crippen LogP contribution is 2.11. The molecule has 1 unspecified atom stereocenters. The van der Waals surface area contributed by atoms with E-state index in [1.807, 2.05) is 0 Å². The molecule has 0 aromatic carbocycles. The van der Waals surface area contributed by atoms with Crippen molar-refractivity contribution < 1.29 is 19.1 Å². The third-order valence-electron chi connectivity index (χ3n) is 3.36. The smallest absolute Gasteiger partial charge is 0.269 e. The van der Waals surface area contributed by atoms with Gasteiger partial charge < -0.3 is 20.1 Å². The minimum atomic E-state index is -0.328. The second kappa shape index (κ2) is 8.45. The molecule has 0 aliphatic carbocycles. The summed E-state index contributed by atoms with van der Waals surface area (Å²) in [6.07, 6.45) is 3.53. The molecule has 2 N–H and O–H groups in total. The van der Waals surface area contributed by atoms with Crippen LogP contribution in [0, 0.1) is 0 Å². The number of hydrogen-bond acceptors (Lipinski definition) is 5. The maximum absolute atomic E-state index is 12.1. The predicted molar refractivity (Wildman–Crippen MR) is 79.8 cm³/mol. The molecule has 2 rings (SSSR count). The maximum Gasteiger partial charge on any atom is 0.269 e. The van der Waals surface area contributed by atoms with Crippen LogP contribution in [0.1, 0.15) is 33.7 Å². The van der Waals surface area contributed by atoms with Crippen LogP contribution in [0.15, 0.2) is 18.3 Å². The van der Waals surface area contributed by atoms with Crippen molar-refractivity contribution in [3.05, 3.63) is 29.6 Å². The van der Waals surface area contributed by atoms with Crippen molar-refractivity contribution in [3.63, 3.8) is 0 Å². The van der Waals surface area contributed by atoms with E-state index in [9.17, 15) is 9.59 Å². The molecule has 1 aliphatic rings. The third-order valence-corrected chi connectivity index (χ3v) is 3.36. The average Bonchev–Trinajstić information content (AvgIpc) is 3.06. The first-order valence-corrected chi connectivity index (χ1v) is 7.33. The molecular weight excluding hydrogens is 286 g/mol. The molecule has 2 heterocycles. The second-order valence-corrected chi connectivity index (χ2v) is 5.02. The molecule has 1 aromatic heterocycles. The first-order chi connectivity index (χ1) is 10.7. The Morgan fingerprint density at radius 2 is 2.27 bits per heavy atom. The van der Waals surface area contributed by atoms with Crippen LogP contribution < -0.4 is 10.6 Å². The normalized spacial score (nSPS) is 17.2. The minimum absolute atomic E-state index is 0.0857. The average molecular weight is 307 g/mol. The van der Waals surface area contributed by atoms with Crippen LogP contribution >= 0.6 is 0 Å². The largest absolute Gasteiger partial charge is 0.383 e. The third kappa shape index (κ3) is 4.78. The number of aromatic nitrogens is 1. The van der Waals surface area contributed by atoms with E-state index in [1.54, 1.807) is 13.2 Å². The summed E-state index contributed by atoms with van der Waals surface area (Å²) in [5.41, 5.74) is 0.616. The zero-order chi connectivity index (χ0) is 15.8. The van der Waals surface area contributed by atoms with Gasteiger partial charge in [0.1, 0.15) is 5.69 Å². The first-order valence-electron chi connectivity index (χ1n) is 7.33. The van der Waals surface area contributed by atoms with Gasteiger partial charge in [0, 0.05) is 38.6 Å². The van der Waals surface area contributed by atoms with E-state index in [2.05, 4.69) is 15.6 Å². The summed E-state index contributed by atoms with van der Waals surface area (Å²) < 4.78 is 10.3. The van der Waals surface area contributed by atoms with Crippen LogP contribution in [0.25, 0.3) is 0 Å². The molecule has 1 aliphatic heterocycles. The lowest BCUT2D eigenvalue weighted by Crippen LogP contribution is -2.32. The van der Waals surface area contributed by atoms with Gasteiger partial charge in [0.25, 0.3) is 11.8 Å². The molecule has 120 valence electrons. The fraction of sp³-hybridized carbons (Fsp3) is 0.533. The van der Waals surface area contributed by atoms with Gasteiger partial charge in [-0.3, -0.25) is 14.6 Å². The number of nitrogens with zero attached hydrogens (tertiary/aromatic N) is 1. The van der Waals surface area contributed by atoms with Gasteiger partial charge >= 0.3 is 0 Å². The topological polar surface area (TPSA) is 89.5 Å². The summed E-state index contributed by atoms with van der Waals surface area (Å²) in [5, 5.41) is 5.48. The van der Waals surface area contributed by atoms with E-state index < -0.39 is 0 Å². The number of carbonyl (C=O) groups excluding carboxylic acids is 2. The molecule has 1 saturated heterocycles. The van der Waals surface area contributed by atoms with Gasteiger partial charge in [0.2, 0.25) is 0 Å². The lowest BCUT2D eigenvalue weighted by molar-refractivity contribution is 0.0857. The Morgan fingerprint density at radius 1 is 1.41 bits per heavy atom. The predicted octanol–water partition coefficient (Wildman–Crippen LogP) is 0.367. The highest BCUT2D eigenvalue weighted by molar-refractivity contribution is 5.98. The first kappa shape index (κ1) is 16.4. The summed E-state index contributed by atoms with van der Waals surface area (Å²) in [7, 11) is 1.56. The van der Waals surface area contributed by atoms with Crippen molar-refractivity contribution in [1.29, 1.82) is 0 Å². The molecule has 0 spiro atoms. The van der Waals surface area contributed by atoms with E-state index in [-0.39, 0.29) is 23.6 Å². The summed E-state index contributed by atoms with van der Waals surface area (Å²) in [6.45, 7) is 2.05. The van der Waals surface area contributed by atoms with Crippen molar-refractivity contribution >= 4 is 11.8 Å². The highest BCUT2D eigenvalue weighted by atomic mass is 16.5. The van der Waals surface area contributed by atoms with Crippen LogP contribution in [-0.2, 0) is 9.47 Å². The van der Waals surface area contributed by atoms with Gasteiger partial charge in [-0.2, -0.15) is 0 Å². The van der Waals surface area contributed by atoms with Gasteiger partial charge in [-0.25, -0.2) is 0 Å². The molecule has 7 nitrogen and oxygen atoms in total. The fourth-order valence-electron chi connectivity index (χ4n) is 2.17. The Balaban J connectivity index is 1.89. The molecule has 2 amide bonds. The SMILES string of the molecule is COCCNC(=O)c1cc(C(=O)NCC2CCCO2)ccn1. The molecule has 0 bridgehead atoms. The highest BCUT2D eigenvalue weighted by Gasteiger charge is 2.17. The van der Waals surface area contributed by atoms with Crippen LogP contribution in [-0.4, -0.2) is 56.3 Å². The number of methoxy groups -OCH3 is 1. The number of amides is 2. The molecule has 0 radical (unpaired) electrons. The van der Waals surface area contributed by atoms with Crippen molar-refractivity contribution in [3.8, 4) is 0 Å². The Morgan fingerprint density at radius 3 is 3.00 bits per heavy atom. The number of nitrogens with one attached hydrogen (secondary N) is 2. The molecule has 1 fully saturated rings. The summed E-state index contributed by atoms with van der Waals surface area (Å²) in [4.78, 5) is 28.0. The lowest BCUT2D eigenvalue weighted by Gasteiger charge is -2.11. The Labute approximate surface area is 129 Å². The molecule has 1 aromatic rings. The fourth-order valence-corrected chi connectivity index (χ4v) is 2.17. The van der Waals surface area contributed by atoms with E-state index in [4.69, 9.17) is 9.47 Å². The molecule has 7 heteroatoms.